The van der Waals surface area contributed by atoms with Gasteiger partial charge in [-0.25, -0.2) is 4.79 Å². The third kappa shape index (κ3) is 2.44. The first-order valence-electron chi connectivity index (χ1n) is 9.30. The summed E-state index contributed by atoms with van der Waals surface area (Å²) < 4.78 is 5.66. The summed E-state index contributed by atoms with van der Waals surface area (Å²) in [5, 5.41) is 0.687. The molecule has 0 N–H and O–H groups in total. The Balaban J connectivity index is 1.33. The van der Waals surface area contributed by atoms with Gasteiger partial charge in [0.2, 0.25) is 0 Å². The molecule has 1 atom stereocenters. The molecule has 4 bridgehead atoms. The minimum atomic E-state index is -0.222. The highest BCUT2D eigenvalue weighted by Gasteiger charge is 2.52. The van der Waals surface area contributed by atoms with Crippen molar-refractivity contribution in [3.63, 3.8) is 0 Å². The van der Waals surface area contributed by atoms with E-state index in [1.54, 1.807) is 0 Å². The van der Waals surface area contributed by atoms with Crippen LogP contribution in [0.15, 0.2) is 24.3 Å². The molecule has 128 valence electrons. The Morgan fingerprint density at radius 3 is 2.33 bits per heavy atom. The van der Waals surface area contributed by atoms with Gasteiger partial charge >= 0.3 is 6.09 Å². The normalized spacial score (nSPS) is 40.2. The van der Waals surface area contributed by atoms with E-state index in [-0.39, 0.29) is 12.2 Å². The lowest BCUT2D eigenvalue weighted by molar-refractivity contribution is -0.0627. The summed E-state index contributed by atoms with van der Waals surface area (Å²) >= 11 is 6.29. The number of carbonyl (C=O) groups excluding carboxylic acids is 1. The molecule has 1 aromatic carbocycles. The first kappa shape index (κ1) is 15.1. The molecular formula is C20H24ClNO2. The minimum absolute atomic E-state index is 0.157. The van der Waals surface area contributed by atoms with E-state index in [9.17, 15) is 4.79 Å². The SMILES string of the molecule is O=C1OC(c2ccccc2Cl)CN1CC12CC3CC(CC(C3)C1)C2. The quantitative estimate of drug-likeness (QED) is 0.767. The second-order valence-corrected chi connectivity index (χ2v) is 9.10. The van der Waals surface area contributed by atoms with Crippen LogP contribution in [0.4, 0.5) is 4.79 Å². The maximum Gasteiger partial charge on any atom is 0.410 e. The van der Waals surface area contributed by atoms with Crippen molar-refractivity contribution >= 4 is 17.7 Å². The zero-order chi connectivity index (χ0) is 16.3. The van der Waals surface area contributed by atoms with E-state index in [2.05, 4.69) is 0 Å². The van der Waals surface area contributed by atoms with Gasteiger partial charge in [0.15, 0.2) is 0 Å². The van der Waals surface area contributed by atoms with Crippen LogP contribution < -0.4 is 0 Å². The number of rotatable bonds is 3. The number of hydrogen-bond acceptors (Lipinski definition) is 2. The van der Waals surface area contributed by atoms with Crippen LogP contribution in [-0.2, 0) is 4.74 Å². The summed E-state index contributed by atoms with van der Waals surface area (Å²) in [6, 6.07) is 7.70. The van der Waals surface area contributed by atoms with Crippen LogP contribution in [0.3, 0.4) is 0 Å². The molecule has 1 unspecified atom stereocenters. The van der Waals surface area contributed by atoms with Gasteiger partial charge < -0.3 is 9.64 Å². The third-order valence-corrected chi connectivity index (χ3v) is 7.18. The Bertz CT molecular complexity index is 638. The lowest BCUT2D eigenvalue weighted by Gasteiger charge is -2.57. The van der Waals surface area contributed by atoms with E-state index < -0.39 is 0 Å². The summed E-state index contributed by atoms with van der Waals surface area (Å²) in [5.74, 6) is 2.73. The lowest BCUT2D eigenvalue weighted by Crippen LogP contribution is -2.51. The van der Waals surface area contributed by atoms with Crippen molar-refractivity contribution < 1.29 is 9.53 Å². The molecule has 0 spiro atoms. The summed E-state index contributed by atoms with van der Waals surface area (Å²) in [6.45, 7) is 1.53. The number of amides is 1. The Morgan fingerprint density at radius 1 is 1.08 bits per heavy atom. The molecular weight excluding hydrogens is 322 g/mol. The molecule has 4 saturated carbocycles. The summed E-state index contributed by atoms with van der Waals surface area (Å²) in [5.41, 5.74) is 1.30. The van der Waals surface area contributed by atoms with E-state index in [0.29, 0.717) is 17.0 Å². The van der Waals surface area contributed by atoms with Gasteiger partial charge in [0, 0.05) is 17.1 Å². The van der Waals surface area contributed by atoms with Gasteiger partial charge in [-0.1, -0.05) is 29.8 Å². The number of nitrogens with zero attached hydrogens (tertiary/aromatic N) is 1. The third-order valence-electron chi connectivity index (χ3n) is 6.83. The van der Waals surface area contributed by atoms with Crippen LogP contribution in [0.5, 0.6) is 0 Å². The van der Waals surface area contributed by atoms with Crippen molar-refractivity contribution in [2.45, 2.75) is 44.6 Å². The van der Waals surface area contributed by atoms with E-state index in [0.717, 1.165) is 29.9 Å². The molecule has 1 saturated heterocycles. The predicted octanol–water partition coefficient (Wildman–Crippen LogP) is 5.05. The molecule has 6 rings (SSSR count). The highest BCUT2D eigenvalue weighted by Crippen LogP contribution is 2.60. The van der Waals surface area contributed by atoms with Crippen molar-refractivity contribution in [3.05, 3.63) is 34.9 Å². The Labute approximate surface area is 148 Å². The zero-order valence-electron chi connectivity index (χ0n) is 13.9. The first-order chi connectivity index (χ1) is 11.6. The molecule has 0 aromatic heterocycles. The molecule has 4 heteroatoms. The van der Waals surface area contributed by atoms with Crippen LogP contribution >= 0.6 is 11.6 Å². The average molecular weight is 346 g/mol. The zero-order valence-corrected chi connectivity index (χ0v) is 14.7. The van der Waals surface area contributed by atoms with Crippen LogP contribution in [-0.4, -0.2) is 24.1 Å². The number of hydrogen-bond donors (Lipinski definition) is 0. The van der Waals surface area contributed by atoms with E-state index >= 15 is 0 Å². The molecule has 5 aliphatic rings. The molecule has 3 nitrogen and oxygen atoms in total. The average Bonchev–Trinajstić information content (AvgIpc) is 2.86. The van der Waals surface area contributed by atoms with E-state index in [1.807, 2.05) is 29.2 Å². The van der Waals surface area contributed by atoms with Gasteiger partial charge in [0.05, 0.1) is 6.54 Å². The van der Waals surface area contributed by atoms with Gasteiger partial charge in [-0.3, -0.25) is 0 Å². The van der Waals surface area contributed by atoms with Crippen LogP contribution in [0.2, 0.25) is 5.02 Å². The number of cyclic esters (lactones) is 1. The Morgan fingerprint density at radius 2 is 1.71 bits per heavy atom. The summed E-state index contributed by atoms with van der Waals surface area (Å²) in [6.07, 6.45) is 7.89. The van der Waals surface area contributed by atoms with Crippen LogP contribution in [0, 0.1) is 23.2 Å². The van der Waals surface area contributed by atoms with Crippen molar-refractivity contribution in [1.29, 1.82) is 0 Å². The maximum atomic E-state index is 12.5. The van der Waals surface area contributed by atoms with Crippen LogP contribution in [0.25, 0.3) is 0 Å². The van der Waals surface area contributed by atoms with Gasteiger partial charge in [0.25, 0.3) is 0 Å². The molecule has 1 heterocycles. The minimum Gasteiger partial charge on any atom is -0.439 e. The smallest absolute Gasteiger partial charge is 0.410 e. The van der Waals surface area contributed by atoms with Crippen molar-refractivity contribution in [2.24, 2.45) is 23.2 Å². The fourth-order valence-electron chi connectivity index (χ4n) is 6.42. The maximum absolute atomic E-state index is 12.5. The van der Waals surface area contributed by atoms with Crippen molar-refractivity contribution in [3.8, 4) is 0 Å². The van der Waals surface area contributed by atoms with Crippen LogP contribution in [0.1, 0.15) is 50.2 Å². The van der Waals surface area contributed by atoms with E-state index in [1.165, 1.54) is 38.5 Å². The van der Waals surface area contributed by atoms with Gasteiger partial charge in [-0.15, -0.1) is 0 Å². The van der Waals surface area contributed by atoms with Crippen molar-refractivity contribution in [1.82, 2.24) is 4.90 Å². The summed E-state index contributed by atoms with van der Waals surface area (Å²) in [4.78, 5) is 14.4. The second kappa shape index (κ2) is 5.39. The highest BCUT2D eigenvalue weighted by atomic mass is 35.5. The Hall–Kier alpha value is -1.22. The predicted molar refractivity (Wildman–Crippen MR) is 92.9 cm³/mol. The molecule has 24 heavy (non-hydrogen) atoms. The van der Waals surface area contributed by atoms with Gasteiger partial charge in [0.1, 0.15) is 6.10 Å². The number of halogens is 1. The largest absolute Gasteiger partial charge is 0.439 e. The lowest BCUT2D eigenvalue weighted by atomic mass is 9.49. The monoisotopic (exact) mass is 345 g/mol. The molecule has 1 aliphatic heterocycles. The number of benzene rings is 1. The molecule has 4 aliphatic carbocycles. The Kier molecular flexibility index (Phi) is 3.38. The molecule has 0 radical (unpaired) electrons. The van der Waals surface area contributed by atoms with E-state index in [4.69, 9.17) is 16.3 Å². The molecule has 1 aromatic rings. The van der Waals surface area contributed by atoms with Gasteiger partial charge in [-0.05, 0) is 67.8 Å². The summed E-state index contributed by atoms with van der Waals surface area (Å²) in [7, 11) is 0. The molecule has 5 fully saturated rings. The number of ether oxygens (including phenoxy) is 1. The molecule has 1 amide bonds. The number of carbonyl (C=O) groups is 1. The van der Waals surface area contributed by atoms with Crippen molar-refractivity contribution in [2.75, 3.05) is 13.1 Å². The fraction of sp³-hybridized carbons (Fsp3) is 0.650. The van der Waals surface area contributed by atoms with Gasteiger partial charge in [-0.2, -0.15) is 0 Å². The highest BCUT2D eigenvalue weighted by molar-refractivity contribution is 6.31. The topological polar surface area (TPSA) is 29.5 Å². The first-order valence-corrected chi connectivity index (χ1v) is 9.68. The fourth-order valence-corrected chi connectivity index (χ4v) is 6.68. The standard InChI is InChI=1S/C20H24ClNO2/c21-17-4-2-1-3-16(17)18-11-22(19(23)24-18)12-20-8-13-5-14(9-20)7-15(6-13)10-20/h1-4,13-15,18H,5-12H2. The second-order valence-electron chi connectivity index (χ2n) is 8.69.